The van der Waals surface area contributed by atoms with E-state index in [-0.39, 0.29) is 11.8 Å². The van der Waals surface area contributed by atoms with Crippen LogP contribution in [0, 0.1) is 0 Å². The highest BCUT2D eigenvalue weighted by Gasteiger charge is 2.28. The SMILES string of the molecule is C=CCN(C(=O)C[NH+]1CC[NH+](CC(=O)Nc2ccccc2Cl)CC1)c1ccccc1. The van der Waals surface area contributed by atoms with Crippen molar-refractivity contribution in [3.8, 4) is 0 Å². The second-order valence-electron chi connectivity index (χ2n) is 7.51. The van der Waals surface area contributed by atoms with Gasteiger partial charge < -0.3 is 20.0 Å². The number of anilines is 2. The van der Waals surface area contributed by atoms with E-state index in [1.165, 1.54) is 9.80 Å². The molecule has 30 heavy (non-hydrogen) atoms. The van der Waals surface area contributed by atoms with Crippen molar-refractivity contribution >= 4 is 34.8 Å². The van der Waals surface area contributed by atoms with Gasteiger partial charge in [-0.25, -0.2) is 0 Å². The van der Waals surface area contributed by atoms with Crippen LogP contribution in [0.5, 0.6) is 0 Å². The number of carbonyl (C=O) groups excluding carboxylic acids is 2. The number of hydrogen-bond donors (Lipinski definition) is 3. The summed E-state index contributed by atoms with van der Waals surface area (Å²) in [7, 11) is 0. The number of benzene rings is 2. The van der Waals surface area contributed by atoms with Crippen LogP contribution in [0.15, 0.2) is 67.3 Å². The largest absolute Gasteiger partial charge is 0.320 e. The molecule has 3 rings (SSSR count). The maximum Gasteiger partial charge on any atom is 0.282 e. The molecule has 0 unspecified atom stereocenters. The average Bonchev–Trinajstić information content (AvgIpc) is 2.75. The average molecular weight is 429 g/mol. The number of amides is 2. The van der Waals surface area contributed by atoms with Gasteiger partial charge in [0, 0.05) is 12.2 Å². The van der Waals surface area contributed by atoms with Gasteiger partial charge in [-0.2, -0.15) is 0 Å². The Hall–Kier alpha value is -2.67. The Labute approximate surface area is 182 Å². The predicted molar refractivity (Wildman–Crippen MR) is 120 cm³/mol. The quantitative estimate of drug-likeness (QED) is 0.529. The van der Waals surface area contributed by atoms with Gasteiger partial charge in [-0.15, -0.1) is 6.58 Å². The molecule has 1 aliphatic rings. The van der Waals surface area contributed by atoms with Gasteiger partial charge in [0.1, 0.15) is 26.2 Å². The fourth-order valence-corrected chi connectivity index (χ4v) is 3.88. The third-order valence-electron chi connectivity index (χ3n) is 5.30. The molecule has 2 amide bonds. The molecule has 0 bridgehead atoms. The number of para-hydroxylation sites is 2. The Morgan fingerprint density at radius 2 is 1.57 bits per heavy atom. The van der Waals surface area contributed by atoms with E-state index in [0.717, 1.165) is 31.9 Å². The van der Waals surface area contributed by atoms with Crippen LogP contribution in [0.25, 0.3) is 0 Å². The Bertz CT molecular complexity index is 867. The third kappa shape index (κ3) is 6.16. The number of carbonyl (C=O) groups is 2. The van der Waals surface area contributed by atoms with Crippen molar-refractivity contribution in [2.75, 3.05) is 56.0 Å². The molecule has 2 aromatic rings. The van der Waals surface area contributed by atoms with Gasteiger partial charge in [0.25, 0.3) is 11.8 Å². The number of quaternary nitrogens is 2. The highest BCUT2D eigenvalue weighted by molar-refractivity contribution is 6.33. The number of rotatable bonds is 8. The Morgan fingerprint density at radius 1 is 0.967 bits per heavy atom. The van der Waals surface area contributed by atoms with Crippen LogP contribution in [0.1, 0.15) is 0 Å². The Kier molecular flexibility index (Phi) is 8.02. The molecular formula is C23H29ClN4O2+2. The molecule has 1 aliphatic heterocycles. The van der Waals surface area contributed by atoms with Gasteiger partial charge in [-0.3, -0.25) is 9.59 Å². The lowest BCUT2D eigenvalue weighted by molar-refractivity contribution is -1.00. The molecule has 0 saturated carbocycles. The van der Waals surface area contributed by atoms with Crippen molar-refractivity contribution in [2.45, 2.75) is 0 Å². The first-order chi connectivity index (χ1) is 14.6. The third-order valence-corrected chi connectivity index (χ3v) is 5.63. The smallest absolute Gasteiger partial charge is 0.282 e. The minimum absolute atomic E-state index is 0.0427. The van der Waals surface area contributed by atoms with Crippen molar-refractivity contribution in [1.29, 1.82) is 0 Å². The standard InChI is InChI=1S/C23H27ClN4O2/c1-2-12-28(19-8-4-3-5-9-19)23(30)18-27-15-13-26(14-16-27)17-22(29)25-21-11-7-6-10-20(21)24/h2-11H,1,12-18H2,(H,25,29)/p+2. The summed E-state index contributed by atoms with van der Waals surface area (Å²) in [6, 6.07) is 16.9. The fraction of sp³-hybridized carbons (Fsp3) is 0.304. The minimum atomic E-state index is -0.0427. The first-order valence-electron chi connectivity index (χ1n) is 10.2. The highest BCUT2D eigenvalue weighted by atomic mass is 35.5. The maximum atomic E-state index is 12.9. The van der Waals surface area contributed by atoms with E-state index in [4.69, 9.17) is 11.6 Å². The van der Waals surface area contributed by atoms with Gasteiger partial charge in [0.05, 0.1) is 10.7 Å². The van der Waals surface area contributed by atoms with Crippen LogP contribution in [0.4, 0.5) is 11.4 Å². The number of piperazine rings is 1. The molecular weight excluding hydrogens is 400 g/mol. The first kappa shape index (κ1) is 22.0. The van der Waals surface area contributed by atoms with E-state index >= 15 is 0 Å². The lowest BCUT2D eigenvalue weighted by atomic mass is 10.2. The van der Waals surface area contributed by atoms with Crippen molar-refractivity contribution in [3.63, 3.8) is 0 Å². The zero-order chi connectivity index (χ0) is 21.3. The molecule has 1 heterocycles. The number of nitrogens with one attached hydrogen (secondary N) is 3. The van der Waals surface area contributed by atoms with Gasteiger partial charge in [-0.05, 0) is 24.3 Å². The van der Waals surface area contributed by atoms with E-state index in [9.17, 15) is 9.59 Å². The Morgan fingerprint density at radius 3 is 2.20 bits per heavy atom. The van der Waals surface area contributed by atoms with E-state index in [0.29, 0.717) is 30.3 Å². The molecule has 1 fully saturated rings. The summed E-state index contributed by atoms with van der Waals surface area (Å²) in [4.78, 5) is 29.5. The van der Waals surface area contributed by atoms with Crippen molar-refractivity contribution in [2.24, 2.45) is 0 Å². The van der Waals surface area contributed by atoms with E-state index < -0.39 is 0 Å². The van der Waals surface area contributed by atoms with Crippen LogP contribution >= 0.6 is 11.6 Å². The van der Waals surface area contributed by atoms with Crippen molar-refractivity contribution in [1.82, 2.24) is 0 Å². The van der Waals surface area contributed by atoms with Crippen LogP contribution in [0.3, 0.4) is 0 Å². The minimum Gasteiger partial charge on any atom is -0.320 e. The monoisotopic (exact) mass is 428 g/mol. The number of hydrogen-bond acceptors (Lipinski definition) is 2. The highest BCUT2D eigenvalue weighted by Crippen LogP contribution is 2.19. The summed E-state index contributed by atoms with van der Waals surface area (Å²) in [5.41, 5.74) is 1.53. The maximum absolute atomic E-state index is 12.9. The number of nitrogens with zero attached hydrogens (tertiary/aromatic N) is 1. The fourth-order valence-electron chi connectivity index (χ4n) is 3.69. The second kappa shape index (κ2) is 10.9. The molecule has 0 spiro atoms. The lowest BCUT2D eigenvalue weighted by Crippen LogP contribution is -3.28. The zero-order valence-electron chi connectivity index (χ0n) is 17.1. The molecule has 0 aliphatic carbocycles. The summed E-state index contributed by atoms with van der Waals surface area (Å²) in [6.07, 6.45) is 1.75. The number of halogens is 1. The summed E-state index contributed by atoms with van der Waals surface area (Å²) >= 11 is 6.10. The second-order valence-corrected chi connectivity index (χ2v) is 7.92. The van der Waals surface area contributed by atoms with E-state index in [2.05, 4.69) is 11.9 Å². The predicted octanol–water partition coefficient (Wildman–Crippen LogP) is 0.281. The molecule has 158 valence electrons. The summed E-state index contributed by atoms with van der Waals surface area (Å²) in [6.45, 7) is 8.54. The Balaban J connectivity index is 1.46. The van der Waals surface area contributed by atoms with Crippen LogP contribution in [0.2, 0.25) is 5.02 Å². The van der Waals surface area contributed by atoms with Gasteiger partial charge in [0.15, 0.2) is 13.1 Å². The van der Waals surface area contributed by atoms with Gasteiger partial charge >= 0.3 is 0 Å². The summed E-state index contributed by atoms with van der Waals surface area (Å²) in [5.74, 6) is 0.0508. The van der Waals surface area contributed by atoms with Crippen LogP contribution in [-0.2, 0) is 9.59 Å². The van der Waals surface area contributed by atoms with Crippen molar-refractivity contribution in [3.05, 3.63) is 72.3 Å². The first-order valence-corrected chi connectivity index (χ1v) is 10.6. The van der Waals surface area contributed by atoms with Gasteiger partial charge in [0.2, 0.25) is 0 Å². The summed E-state index contributed by atoms with van der Waals surface area (Å²) < 4.78 is 0. The summed E-state index contributed by atoms with van der Waals surface area (Å²) in [5, 5.41) is 3.42. The molecule has 1 saturated heterocycles. The molecule has 3 N–H and O–H groups in total. The van der Waals surface area contributed by atoms with E-state index in [1.54, 1.807) is 23.1 Å². The normalized spacial score (nSPS) is 18.4. The molecule has 7 heteroatoms. The van der Waals surface area contributed by atoms with Gasteiger partial charge in [-0.1, -0.05) is 48.0 Å². The molecule has 0 aromatic heterocycles. The van der Waals surface area contributed by atoms with E-state index in [1.807, 2.05) is 42.5 Å². The molecule has 6 nitrogen and oxygen atoms in total. The van der Waals surface area contributed by atoms with Crippen LogP contribution < -0.4 is 20.0 Å². The molecule has 0 radical (unpaired) electrons. The lowest BCUT2D eigenvalue weighted by Gasteiger charge is -2.30. The van der Waals surface area contributed by atoms with Crippen LogP contribution in [-0.4, -0.2) is 57.6 Å². The zero-order valence-corrected chi connectivity index (χ0v) is 17.8. The molecule has 2 aromatic carbocycles. The topological polar surface area (TPSA) is 58.3 Å². The van der Waals surface area contributed by atoms with Crippen molar-refractivity contribution < 1.29 is 19.4 Å². The molecule has 0 atom stereocenters.